The van der Waals surface area contributed by atoms with Gasteiger partial charge in [-0.25, -0.2) is 14.9 Å². The van der Waals surface area contributed by atoms with Crippen LogP contribution in [0.5, 0.6) is 5.88 Å². The Labute approximate surface area is 180 Å². The van der Waals surface area contributed by atoms with Crippen LogP contribution in [0.3, 0.4) is 0 Å². The first-order valence-electron chi connectivity index (χ1n) is 10.2. The minimum absolute atomic E-state index is 0.219. The number of anilines is 1. The molecule has 1 aliphatic heterocycles. The molecule has 0 N–H and O–H groups in total. The molecule has 2 amide bonds. The van der Waals surface area contributed by atoms with Gasteiger partial charge in [-0.3, -0.25) is 14.5 Å². The number of nitrogens with zero attached hydrogens (tertiary/aromatic N) is 4. The summed E-state index contributed by atoms with van der Waals surface area (Å²) < 4.78 is 5.20. The quantitative estimate of drug-likeness (QED) is 0.540. The maximum Gasteiger partial charge on any atom is 0.262 e. The Bertz CT molecular complexity index is 1130. The van der Waals surface area contributed by atoms with E-state index in [-0.39, 0.29) is 11.8 Å². The van der Waals surface area contributed by atoms with E-state index in [0.717, 1.165) is 18.2 Å². The maximum atomic E-state index is 13.3. The van der Waals surface area contributed by atoms with E-state index >= 15 is 0 Å². The van der Waals surface area contributed by atoms with Crippen molar-refractivity contribution in [3.05, 3.63) is 59.7 Å². The van der Waals surface area contributed by atoms with Gasteiger partial charge in [-0.05, 0) is 30.7 Å². The first-order valence-corrected chi connectivity index (χ1v) is 10.2. The van der Waals surface area contributed by atoms with Gasteiger partial charge in [-0.15, -0.1) is 0 Å². The average molecular weight is 420 g/mol. The molecule has 0 fully saturated rings. The Hall–Kier alpha value is -3.52. The molecule has 3 heterocycles. The van der Waals surface area contributed by atoms with Crippen LogP contribution in [0.4, 0.5) is 5.82 Å². The van der Waals surface area contributed by atoms with E-state index in [1.807, 2.05) is 31.2 Å². The number of ether oxygens (including phenoxy) is 1. The number of rotatable bonds is 7. The lowest BCUT2D eigenvalue weighted by molar-refractivity contribution is -0.204. The first kappa shape index (κ1) is 20.7. The van der Waals surface area contributed by atoms with Crippen molar-refractivity contribution < 1.29 is 19.2 Å². The fourth-order valence-corrected chi connectivity index (χ4v) is 3.54. The highest BCUT2D eigenvalue weighted by atomic mass is 16.7. The van der Waals surface area contributed by atoms with Gasteiger partial charge in [-0.1, -0.05) is 31.5 Å². The number of amides is 2. The van der Waals surface area contributed by atoms with Crippen molar-refractivity contribution in [1.29, 1.82) is 0 Å². The van der Waals surface area contributed by atoms with E-state index in [0.29, 0.717) is 35.0 Å². The summed E-state index contributed by atoms with van der Waals surface area (Å²) in [4.78, 5) is 42.0. The van der Waals surface area contributed by atoms with Crippen molar-refractivity contribution in [1.82, 2.24) is 15.0 Å². The second-order valence-corrected chi connectivity index (χ2v) is 7.26. The molecule has 31 heavy (non-hydrogen) atoms. The molecule has 1 atom stereocenters. The van der Waals surface area contributed by atoms with Crippen LogP contribution >= 0.6 is 0 Å². The number of hydroxylamine groups is 2. The zero-order chi connectivity index (χ0) is 22.0. The minimum Gasteiger partial charge on any atom is -0.481 e. The van der Waals surface area contributed by atoms with Crippen LogP contribution in [0.1, 0.15) is 48.8 Å². The van der Waals surface area contributed by atoms with E-state index in [9.17, 15) is 9.59 Å². The summed E-state index contributed by atoms with van der Waals surface area (Å²) in [5.74, 6) is 0.360. The molecule has 160 valence electrons. The van der Waals surface area contributed by atoms with Gasteiger partial charge in [0.15, 0.2) is 11.9 Å². The molecule has 0 spiro atoms. The summed E-state index contributed by atoms with van der Waals surface area (Å²) >= 11 is 0. The van der Waals surface area contributed by atoms with Crippen molar-refractivity contribution in [3.63, 3.8) is 0 Å². The molecule has 1 aliphatic rings. The molecule has 0 bridgehead atoms. The maximum absolute atomic E-state index is 13.3. The second-order valence-electron chi connectivity index (χ2n) is 7.26. The Morgan fingerprint density at radius 3 is 2.65 bits per heavy atom. The Morgan fingerprint density at radius 1 is 1.13 bits per heavy atom. The highest BCUT2D eigenvalue weighted by Crippen LogP contribution is 2.38. The van der Waals surface area contributed by atoms with Gasteiger partial charge in [0.1, 0.15) is 5.82 Å². The number of carbonyl (C=O) groups is 2. The minimum atomic E-state index is -0.806. The number of carbonyl (C=O) groups excluding carboxylic acids is 2. The van der Waals surface area contributed by atoms with E-state index in [1.54, 1.807) is 24.3 Å². The number of benzene rings is 1. The van der Waals surface area contributed by atoms with Crippen molar-refractivity contribution in [3.8, 4) is 5.88 Å². The summed E-state index contributed by atoms with van der Waals surface area (Å²) in [5.41, 5.74) is 1.66. The van der Waals surface area contributed by atoms with Gasteiger partial charge in [0, 0.05) is 36.0 Å². The Kier molecular flexibility index (Phi) is 5.81. The molecule has 0 radical (unpaired) electrons. The number of methoxy groups -OCH3 is 1. The fraction of sp³-hybridized carbons (Fsp3) is 0.304. The van der Waals surface area contributed by atoms with Crippen LogP contribution in [0.2, 0.25) is 0 Å². The third-order valence-electron chi connectivity index (χ3n) is 5.17. The highest BCUT2D eigenvalue weighted by Gasteiger charge is 2.41. The molecule has 2 aromatic heterocycles. The third kappa shape index (κ3) is 3.94. The molecule has 0 saturated heterocycles. The highest BCUT2D eigenvalue weighted by molar-refractivity contribution is 6.10. The van der Waals surface area contributed by atoms with E-state index in [1.165, 1.54) is 24.0 Å². The molecule has 1 unspecified atom stereocenters. The van der Waals surface area contributed by atoms with Gasteiger partial charge >= 0.3 is 0 Å². The van der Waals surface area contributed by atoms with Crippen molar-refractivity contribution in [2.75, 3.05) is 18.6 Å². The van der Waals surface area contributed by atoms with Crippen molar-refractivity contribution >= 4 is 28.7 Å². The summed E-state index contributed by atoms with van der Waals surface area (Å²) in [6.07, 6.45) is 0.899. The lowest BCUT2D eigenvalue weighted by Crippen LogP contribution is -2.38. The van der Waals surface area contributed by atoms with Gasteiger partial charge in [0.2, 0.25) is 11.8 Å². The predicted molar refractivity (Wildman–Crippen MR) is 115 cm³/mol. The topological polar surface area (TPSA) is 84.9 Å². The Balaban J connectivity index is 1.76. The third-order valence-corrected chi connectivity index (χ3v) is 5.17. The van der Waals surface area contributed by atoms with Crippen molar-refractivity contribution in [2.45, 2.75) is 32.9 Å². The summed E-state index contributed by atoms with van der Waals surface area (Å²) in [6.45, 7) is 3.93. The van der Waals surface area contributed by atoms with Gasteiger partial charge in [0.05, 0.1) is 7.11 Å². The van der Waals surface area contributed by atoms with Gasteiger partial charge in [0.25, 0.3) is 5.91 Å². The standard InChI is InChI=1S/C23H24N4O4/c1-4-5-14-26(15(2)28)31-23-18-9-7-6-8-17(18)22(29)27(23)19-12-10-16-11-13-20(30-3)25-21(16)24-19/h6-13,23H,4-5,14H2,1-3H3. The SMILES string of the molecule is CCCCN(OC1c2ccccc2C(=O)N1c1ccc2ccc(OC)nc2n1)C(C)=O. The smallest absolute Gasteiger partial charge is 0.262 e. The lowest BCUT2D eigenvalue weighted by Gasteiger charge is -2.29. The Morgan fingerprint density at radius 2 is 1.90 bits per heavy atom. The van der Waals surface area contributed by atoms with Crippen LogP contribution in [-0.4, -0.2) is 40.5 Å². The molecular formula is C23H24N4O4. The van der Waals surface area contributed by atoms with Crippen LogP contribution in [0.15, 0.2) is 48.5 Å². The zero-order valence-electron chi connectivity index (χ0n) is 17.7. The van der Waals surface area contributed by atoms with E-state index in [2.05, 4.69) is 9.97 Å². The largest absolute Gasteiger partial charge is 0.481 e. The number of hydrogen-bond donors (Lipinski definition) is 0. The number of aromatic nitrogens is 2. The molecule has 3 aromatic rings. The monoisotopic (exact) mass is 420 g/mol. The van der Waals surface area contributed by atoms with Gasteiger partial charge < -0.3 is 4.74 Å². The number of hydrogen-bond acceptors (Lipinski definition) is 6. The summed E-state index contributed by atoms with van der Waals surface area (Å²) in [5, 5.41) is 2.14. The first-order chi connectivity index (χ1) is 15.0. The van der Waals surface area contributed by atoms with Crippen LogP contribution in [0, 0.1) is 0 Å². The lowest BCUT2D eigenvalue weighted by atomic mass is 10.1. The molecule has 8 heteroatoms. The van der Waals surface area contributed by atoms with Crippen LogP contribution in [-0.2, 0) is 9.63 Å². The average Bonchev–Trinajstić information content (AvgIpc) is 3.07. The van der Waals surface area contributed by atoms with E-state index in [4.69, 9.17) is 9.57 Å². The summed E-state index contributed by atoms with van der Waals surface area (Å²) in [6, 6.07) is 14.4. The molecule has 8 nitrogen and oxygen atoms in total. The zero-order valence-corrected chi connectivity index (χ0v) is 17.7. The van der Waals surface area contributed by atoms with Gasteiger partial charge in [-0.2, -0.15) is 4.98 Å². The van der Waals surface area contributed by atoms with E-state index < -0.39 is 6.23 Å². The fourth-order valence-electron chi connectivity index (χ4n) is 3.54. The summed E-state index contributed by atoms with van der Waals surface area (Å²) in [7, 11) is 1.54. The number of fused-ring (bicyclic) bond motifs is 2. The normalized spacial score (nSPS) is 15.3. The molecule has 1 aromatic carbocycles. The number of pyridine rings is 2. The second kappa shape index (κ2) is 8.69. The van der Waals surface area contributed by atoms with Crippen LogP contribution < -0.4 is 9.64 Å². The molecule has 0 aliphatic carbocycles. The number of unbranched alkanes of at least 4 members (excludes halogenated alkanes) is 1. The molecule has 4 rings (SSSR count). The molecular weight excluding hydrogens is 396 g/mol. The molecule has 0 saturated carbocycles. The van der Waals surface area contributed by atoms with Crippen molar-refractivity contribution in [2.24, 2.45) is 0 Å². The van der Waals surface area contributed by atoms with Crippen LogP contribution in [0.25, 0.3) is 11.0 Å². The predicted octanol–water partition coefficient (Wildman–Crippen LogP) is 3.88.